The number of alkyl halides is 3. The molecule has 0 bridgehead atoms. The number of halogens is 3. The lowest BCUT2D eigenvalue weighted by Gasteiger charge is -2.19. The van der Waals surface area contributed by atoms with Crippen molar-refractivity contribution in [3.63, 3.8) is 0 Å². The van der Waals surface area contributed by atoms with Crippen LogP contribution in [-0.2, 0) is 19.4 Å². The lowest BCUT2D eigenvalue weighted by molar-refractivity contribution is -0.143. The zero-order valence-electron chi connectivity index (χ0n) is 15.6. The third kappa shape index (κ3) is 5.89. The molecule has 148 valence electrons. The first kappa shape index (κ1) is 20.5. The number of hydrogen-bond acceptors (Lipinski definition) is 4. The number of aliphatic imine (C=N–C) groups is 1. The maximum Gasteiger partial charge on any atom is 0.401 e. The summed E-state index contributed by atoms with van der Waals surface area (Å²) >= 11 is 0. The van der Waals surface area contributed by atoms with Crippen molar-refractivity contribution in [2.24, 2.45) is 4.99 Å². The minimum Gasteiger partial charge on any atom is -0.361 e. The van der Waals surface area contributed by atoms with E-state index in [0.717, 1.165) is 29.9 Å². The SMILES string of the molecule is CCNC(=NCc1c(CC)noc1CC)NC1CCN(CC(F)(F)F)C1. The van der Waals surface area contributed by atoms with Crippen molar-refractivity contribution in [2.45, 2.75) is 58.8 Å². The predicted octanol–water partition coefficient (Wildman–Crippen LogP) is 2.49. The molecule has 0 aromatic carbocycles. The van der Waals surface area contributed by atoms with Gasteiger partial charge in [-0.05, 0) is 19.8 Å². The lowest BCUT2D eigenvalue weighted by Crippen LogP contribution is -2.45. The summed E-state index contributed by atoms with van der Waals surface area (Å²) in [7, 11) is 0. The molecule has 6 nitrogen and oxygen atoms in total. The van der Waals surface area contributed by atoms with E-state index in [-0.39, 0.29) is 6.04 Å². The molecule has 1 fully saturated rings. The van der Waals surface area contributed by atoms with Gasteiger partial charge in [-0.15, -0.1) is 0 Å². The Kier molecular flexibility index (Phi) is 7.31. The van der Waals surface area contributed by atoms with Crippen molar-refractivity contribution >= 4 is 5.96 Å². The van der Waals surface area contributed by atoms with Crippen LogP contribution in [0.2, 0.25) is 0 Å². The minimum atomic E-state index is -4.16. The first-order valence-corrected chi connectivity index (χ1v) is 9.16. The van der Waals surface area contributed by atoms with Gasteiger partial charge in [-0.25, -0.2) is 4.99 Å². The molecule has 0 saturated carbocycles. The smallest absolute Gasteiger partial charge is 0.361 e. The average molecular weight is 375 g/mol. The highest BCUT2D eigenvalue weighted by molar-refractivity contribution is 5.80. The Hall–Kier alpha value is -1.77. The number of hydrogen-bond donors (Lipinski definition) is 2. The molecule has 9 heteroatoms. The normalized spacial score (nSPS) is 19.2. The van der Waals surface area contributed by atoms with Crippen LogP contribution in [0.5, 0.6) is 0 Å². The number of nitrogens with one attached hydrogen (secondary N) is 2. The van der Waals surface area contributed by atoms with E-state index >= 15 is 0 Å². The molecule has 0 spiro atoms. The Balaban J connectivity index is 1.98. The van der Waals surface area contributed by atoms with E-state index in [1.165, 1.54) is 4.90 Å². The summed E-state index contributed by atoms with van der Waals surface area (Å²) < 4.78 is 42.9. The fourth-order valence-corrected chi connectivity index (χ4v) is 3.14. The molecule has 1 aliphatic heterocycles. The molecule has 1 aliphatic rings. The number of rotatable bonds is 7. The Labute approximate surface area is 152 Å². The van der Waals surface area contributed by atoms with Crippen LogP contribution in [-0.4, -0.2) is 54.4 Å². The second-order valence-corrected chi connectivity index (χ2v) is 6.41. The summed E-state index contributed by atoms with van der Waals surface area (Å²) in [5, 5.41) is 10.5. The van der Waals surface area contributed by atoms with Gasteiger partial charge in [0.05, 0.1) is 18.8 Å². The van der Waals surface area contributed by atoms with E-state index in [4.69, 9.17) is 4.52 Å². The molecular formula is C17H28F3N5O. The quantitative estimate of drug-likeness (QED) is 0.566. The van der Waals surface area contributed by atoms with Crippen LogP contribution >= 0.6 is 0 Å². The standard InChI is InChI=1S/C17H28F3N5O/c1-4-14-13(15(5-2)26-24-14)9-22-16(21-6-3)23-12-7-8-25(10-12)11-17(18,19)20/h12H,4-11H2,1-3H3,(H2,21,22,23). The van der Waals surface area contributed by atoms with Crippen molar-refractivity contribution in [3.05, 3.63) is 17.0 Å². The van der Waals surface area contributed by atoms with Gasteiger partial charge in [0, 0.05) is 37.7 Å². The third-order valence-corrected chi connectivity index (χ3v) is 4.36. The summed E-state index contributed by atoms with van der Waals surface area (Å²) in [5.74, 6) is 1.44. The minimum absolute atomic E-state index is 0.0473. The summed E-state index contributed by atoms with van der Waals surface area (Å²) in [5.41, 5.74) is 1.90. The molecule has 1 aromatic rings. The second-order valence-electron chi connectivity index (χ2n) is 6.41. The van der Waals surface area contributed by atoms with Gasteiger partial charge in [0.25, 0.3) is 0 Å². The number of guanidine groups is 1. The molecule has 1 atom stereocenters. The summed E-state index contributed by atoms with van der Waals surface area (Å²) in [6.07, 6.45) is -1.98. The molecule has 0 aliphatic carbocycles. The van der Waals surface area contributed by atoms with Crippen LogP contribution in [0.4, 0.5) is 13.2 Å². The van der Waals surface area contributed by atoms with Gasteiger partial charge in [0.15, 0.2) is 5.96 Å². The van der Waals surface area contributed by atoms with E-state index in [1.54, 1.807) is 0 Å². The van der Waals surface area contributed by atoms with Crippen LogP contribution in [0.3, 0.4) is 0 Å². The van der Waals surface area contributed by atoms with Crippen molar-refractivity contribution in [1.29, 1.82) is 0 Å². The first-order valence-electron chi connectivity index (χ1n) is 9.16. The predicted molar refractivity (Wildman–Crippen MR) is 94.1 cm³/mol. The first-order chi connectivity index (χ1) is 12.4. The third-order valence-electron chi connectivity index (χ3n) is 4.36. The number of aromatic nitrogens is 1. The van der Waals surface area contributed by atoms with Gasteiger partial charge in [-0.1, -0.05) is 19.0 Å². The van der Waals surface area contributed by atoms with Crippen LogP contribution in [0.25, 0.3) is 0 Å². The van der Waals surface area contributed by atoms with Gasteiger partial charge >= 0.3 is 6.18 Å². The Morgan fingerprint density at radius 2 is 2.08 bits per heavy atom. The highest BCUT2D eigenvalue weighted by Gasteiger charge is 2.34. The number of aryl methyl sites for hydroxylation is 2. The molecule has 26 heavy (non-hydrogen) atoms. The molecule has 2 N–H and O–H groups in total. The van der Waals surface area contributed by atoms with Crippen molar-refractivity contribution in [2.75, 3.05) is 26.2 Å². The number of nitrogens with zero attached hydrogens (tertiary/aromatic N) is 3. The zero-order valence-corrected chi connectivity index (χ0v) is 15.6. The monoisotopic (exact) mass is 375 g/mol. The Morgan fingerprint density at radius 1 is 1.31 bits per heavy atom. The maximum absolute atomic E-state index is 12.5. The average Bonchev–Trinajstić information content (AvgIpc) is 3.17. The van der Waals surface area contributed by atoms with Crippen molar-refractivity contribution in [3.8, 4) is 0 Å². The zero-order chi connectivity index (χ0) is 19.2. The summed E-state index contributed by atoms with van der Waals surface area (Å²) in [4.78, 5) is 6.01. The van der Waals surface area contributed by atoms with Crippen molar-refractivity contribution in [1.82, 2.24) is 20.7 Å². The van der Waals surface area contributed by atoms with Gasteiger partial charge < -0.3 is 15.2 Å². The molecule has 0 radical (unpaired) electrons. The van der Waals surface area contributed by atoms with E-state index < -0.39 is 12.7 Å². The second kappa shape index (κ2) is 9.25. The topological polar surface area (TPSA) is 65.7 Å². The van der Waals surface area contributed by atoms with Crippen LogP contribution in [0, 0.1) is 0 Å². The highest BCUT2D eigenvalue weighted by Crippen LogP contribution is 2.20. The van der Waals surface area contributed by atoms with E-state index in [9.17, 15) is 13.2 Å². The van der Waals surface area contributed by atoms with Crippen molar-refractivity contribution < 1.29 is 17.7 Å². The highest BCUT2D eigenvalue weighted by atomic mass is 19.4. The van der Waals surface area contributed by atoms with E-state index in [0.29, 0.717) is 38.6 Å². The van der Waals surface area contributed by atoms with E-state index in [2.05, 4.69) is 20.8 Å². The number of likely N-dealkylation sites (tertiary alicyclic amines) is 1. The van der Waals surface area contributed by atoms with Gasteiger partial charge in [0.1, 0.15) is 5.76 Å². The lowest BCUT2D eigenvalue weighted by atomic mass is 10.1. The Bertz CT molecular complexity index is 578. The van der Waals surface area contributed by atoms with Crippen LogP contribution in [0.15, 0.2) is 9.52 Å². The van der Waals surface area contributed by atoms with E-state index in [1.807, 2.05) is 20.8 Å². The molecule has 2 heterocycles. The molecule has 0 amide bonds. The van der Waals surface area contributed by atoms with Gasteiger partial charge in [0.2, 0.25) is 0 Å². The largest absolute Gasteiger partial charge is 0.401 e. The fourth-order valence-electron chi connectivity index (χ4n) is 3.14. The Morgan fingerprint density at radius 3 is 2.69 bits per heavy atom. The van der Waals surface area contributed by atoms with Gasteiger partial charge in [-0.3, -0.25) is 4.90 Å². The molecule has 1 saturated heterocycles. The maximum atomic E-state index is 12.5. The molecular weight excluding hydrogens is 347 g/mol. The van der Waals surface area contributed by atoms with Crippen LogP contribution < -0.4 is 10.6 Å². The summed E-state index contributed by atoms with van der Waals surface area (Å²) in [6, 6.07) is -0.0473. The van der Waals surface area contributed by atoms with Gasteiger partial charge in [-0.2, -0.15) is 13.2 Å². The molecule has 1 aromatic heterocycles. The summed E-state index contributed by atoms with van der Waals surface area (Å²) in [6.45, 7) is 7.02. The fraction of sp³-hybridized carbons (Fsp3) is 0.765. The molecule has 1 unspecified atom stereocenters. The van der Waals surface area contributed by atoms with Crippen LogP contribution in [0.1, 0.15) is 44.2 Å². The molecule has 2 rings (SSSR count).